The van der Waals surface area contributed by atoms with Gasteiger partial charge < -0.3 is 4.90 Å². The van der Waals surface area contributed by atoms with Crippen LogP contribution in [0.4, 0.5) is 0 Å². The quantitative estimate of drug-likeness (QED) is 0.783. The normalized spacial score (nSPS) is 12.3. The van der Waals surface area contributed by atoms with Crippen LogP contribution in [0.25, 0.3) is 0 Å². The zero-order valence-electron chi connectivity index (χ0n) is 8.71. The maximum atomic E-state index is 11.8. The number of hydrogen-bond acceptors (Lipinski definition) is 1. The summed E-state index contributed by atoms with van der Waals surface area (Å²) in [5.74, 6) is -0.00463. The highest BCUT2D eigenvalue weighted by molar-refractivity contribution is 9.10. The molecule has 0 radical (unpaired) electrons. The molecule has 0 aliphatic carbocycles. The summed E-state index contributed by atoms with van der Waals surface area (Å²) in [6, 6.07) is 7.29. The largest absolute Gasteiger partial charge is 0.340 e. The van der Waals surface area contributed by atoms with Gasteiger partial charge >= 0.3 is 0 Å². The van der Waals surface area contributed by atoms with E-state index < -0.39 is 0 Å². The Hall–Kier alpha value is -0.540. The van der Waals surface area contributed by atoms with Crippen molar-refractivity contribution in [2.75, 3.05) is 13.6 Å². The molecular formula is C11H13BrClNO. The molecule has 1 rings (SSSR count). The summed E-state index contributed by atoms with van der Waals surface area (Å²) in [6.45, 7) is 2.42. The molecule has 0 saturated heterocycles. The predicted octanol–water partition coefficient (Wildman–Crippen LogP) is 3.15. The van der Waals surface area contributed by atoms with Crippen molar-refractivity contribution in [3.63, 3.8) is 0 Å². The average molecular weight is 291 g/mol. The van der Waals surface area contributed by atoms with Gasteiger partial charge in [-0.05, 0) is 31.2 Å². The molecule has 0 N–H and O–H groups in total. The van der Waals surface area contributed by atoms with Crippen LogP contribution in [0.2, 0.25) is 0 Å². The molecule has 0 aliphatic heterocycles. The van der Waals surface area contributed by atoms with Crippen molar-refractivity contribution in [3.8, 4) is 0 Å². The molecule has 0 aliphatic rings. The summed E-state index contributed by atoms with van der Waals surface area (Å²) in [4.78, 5) is 13.5. The second kappa shape index (κ2) is 5.52. The molecule has 0 heterocycles. The number of benzene rings is 1. The van der Waals surface area contributed by atoms with Crippen LogP contribution in [0.5, 0.6) is 0 Å². The van der Waals surface area contributed by atoms with E-state index in [-0.39, 0.29) is 11.3 Å². The lowest BCUT2D eigenvalue weighted by Gasteiger charge is -2.18. The number of hydrogen-bond donors (Lipinski definition) is 0. The fourth-order valence-electron chi connectivity index (χ4n) is 1.27. The van der Waals surface area contributed by atoms with Crippen molar-refractivity contribution >= 4 is 33.4 Å². The summed E-state index contributed by atoms with van der Waals surface area (Å²) in [7, 11) is 1.75. The van der Waals surface area contributed by atoms with Gasteiger partial charge in [0.05, 0.1) is 0 Å². The molecule has 0 bridgehead atoms. The van der Waals surface area contributed by atoms with Gasteiger partial charge in [-0.15, -0.1) is 11.6 Å². The van der Waals surface area contributed by atoms with Crippen LogP contribution < -0.4 is 0 Å². The minimum absolute atomic E-state index is 0.00463. The highest BCUT2D eigenvalue weighted by Crippen LogP contribution is 2.12. The number of halogens is 2. The number of carbonyl (C=O) groups excluding carboxylic acids is 1. The van der Waals surface area contributed by atoms with E-state index in [1.165, 1.54) is 0 Å². The Labute approximate surface area is 103 Å². The predicted molar refractivity (Wildman–Crippen MR) is 66.4 cm³/mol. The molecule has 1 amide bonds. The van der Waals surface area contributed by atoms with E-state index in [1.807, 2.05) is 19.1 Å². The van der Waals surface area contributed by atoms with Crippen molar-refractivity contribution < 1.29 is 4.79 Å². The lowest BCUT2D eigenvalue weighted by molar-refractivity contribution is 0.0796. The van der Waals surface area contributed by atoms with Crippen LogP contribution in [-0.2, 0) is 0 Å². The van der Waals surface area contributed by atoms with Crippen molar-refractivity contribution in [1.29, 1.82) is 0 Å². The first-order valence-electron chi connectivity index (χ1n) is 4.66. The zero-order chi connectivity index (χ0) is 11.4. The number of carbonyl (C=O) groups is 1. The summed E-state index contributed by atoms with van der Waals surface area (Å²) in [5.41, 5.74) is 0.679. The van der Waals surface area contributed by atoms with E-state index >= 15 is 0 Å². The Bertz CT molecular complexity index is 337. The average Bonchev–Trinajstić information content (AvgIpc) is 2.17. The molecule has 1 atom stereocenters. The molecule has 15 heavy (non-hydrogen) atoms. The van der Waals surface area contributed by atoms with E-state index in [1.54, 1.807) is 24.1 Å². The van der Waals surface area contributed by atoms with E-state index in [0.717, 1.165) is 4.47 Å². The summed E-state index contributed by atoms with van der Waals surface area (Å²) in [6.07, 6.45) is 0. The molecule has 0 fully saturated rings. The first-order valence-corrected chi connectivity index (χ1v) is 5.88. The molecule has 0 aromatic heterocycles. The summed E-state index contributed by atoms with van der Waals surface area (Å²) in [5, 5.41) is -0.0330. The fraction of sp³-hybridized carbons (Fsp3) is 0.364. The number of alkyl halides is 1. The number of nitrogens with zero attached hydrogens (tertiary/aromatic N) is 1. The lowest BCUT2D eigenvalue weighted by Crippen LogP contribution is -2.31. The summed E-state index contributed by atoms with van der Waals surface area (Å²) >= 11 is 9.15. The first kappa shape index (κ1) is 12.5. The highest BCUT2D eigenvalue weighted by atomic mass is 79.9. The van der Waals surface area contributed by atoms with Crippen molar-refractivity contribution in [1.82, 2.24) is 4.90 Å². The van der Waals surface area contributed by atoms with Gasteiger partial charge in [-0.3, -0.25) is 4.79 Å². The second-order valence-electron chi connectivity index (χ2n) is 3.47. The molecular weight excluding hydrogens is 277 g/mol. The van der Waals surface area contributed by atoms with Gasteiger partial charge in [-0.25, -0.2) is 0 Å². The van der Waals surface area contributed by atoms with Gasteiger partial charge in [0.2, 0.25) is 0 Å². The molecule has 1 unspecified atom stereocenters. The molecule has 0 spiro atoms. The van der Waals surface area contributed by atoms with Gasteiger partial charge in [0.25, 0.3) is 5.91 Å². The fourth-order valence-corrected chi connectivity index (χ4v) is 1.74. The Morgan fingerprint density at radius 1 is 1.47 bits per heavy atom. The van der Waals surface area contributed by atoms with Gasteiger partial charge in [-0.2, -0.15) is 0 Å². The molecule has 4 heteroatoms. The van der Waals surface area contributed by atoms with Crippen molar-refractivity contribution in [2.24, 2.45) is 0 Å². The van der Waals surface area contributed by atoms with Crippen molar-refractivity contribution in [3.05, 3.63) is 34.3 Å². The van der Waals surface area contributed by atoms with Gasteiger partial charge in [0, 0.05) is 29.0 Å². The Balaban J connectivity index is 2.72. The molecule has 2 nitrogen and oxygen atoms in total. The third-order valence-electron chi connectivity index (χ3n) is 1.96. The van der Waals surface area contributed by atoms with Crippen LogP contribution in [0.1, 0.15) is 17.3 Å². The topological polar surface area (TPSA) is 20.3 Å². The molecule has 82 valence electrons. The van der Waals surface area contributed by atoms with Crippen LogP contribution in [0.3, 0.4) is 0 Å². The van der Waals surface area contributed by atoms with Gasteiger partial charge in [0.15, 0.2) is 0 Å². The number of amides is 1. The second-order valence-corrected chi connectivity index (χ2v) is 5.13. The van der Waals surface area contributed by atoms with Crippen molar-refractivity contribution in [2.45, 2.75) is 12.3 Å². The minimum atomic E-state index is -0.0330. The van der Waals surface area contributed by atoms with E-state index in [2.05, 4.69) is 15.9 Å². The highest BCUT2D eigenvalue weighted by Gasteiger charge is 2.12. The van der Waals surface area contributed by atoms with Crippen LogP contribution in [-0.4, -0.2) is 29.8 Å². The van der Waals surface area contributed by atoms with E-state index in [0.29, 0.717) is 12.1 Å². The third kappa shape index (κ3) is 3.84. The van der Waals surface area contributed by atoms with Gasteiger partial charge in [-0.1, -0.05) is 15.9 Å². The molecule has 1 aromatic carbocycles. The first-order chi connectivity index (χ1) is 7.00. The molecule has 1 aromatic rings. The SMILES string of the molecule is CC(Cl)CN(C)C(=O)c1ccc(Br)cc1. The maximum absolute atomic E-state index is 11.8. The van der Waals surface area contributed by atoms with Crippen LogP contribution in [0.15, 0.2) is 28.7 Å². The van der Waals surface area contributed by atoms with Crippen LogP contribution >= 0.6 is 27.5 Å². The smallest absolute Gasteiger partial charge is 0.253 e. The Kier molecular flexibility index (Phi) is 4.61. The maximum Gasteiger partial charge on any atom is 0.253 e. The van der Waals surface area contributed by atoms with E-state index in [9.17, 15) is 4.79 Å². The summed E-state index contributed by atoms with van der Waals surface area (Å²) < 4.78 is 0.965. The Morgan fingerprint density at radius 2 is 2.00 bits per heavy atom. The van der Waals surface area contributed by atoms with Gasteiger partial charge in [0.1, 0.15) is 0 Å². The monoisotopic (exact) mass is 289 g/mol. The lowest BCUT2D eigenvalue weighted by atomic mass is 10.2. The third-order valence-corrected chi connectivity index (χ3v) is 2.63. The van der Waals surface area contributed by atoms with E-state index in [4.69, 9.17) is 11.6 Å². The number of rotatable bonds is 3. The van der Waals surface area contributed by atoms with Crippen LogP contribution in [0, 0.1) is 0 Å². The standard InChI is InChI=1S/C11H13BrClNO/c1-8(13)7-14(2)11(15)9-3-5-10(12)6-4-9/h3-6,8H,7H2,1-2H3. The zero-order valence-corrected chi connectivity index (χ0v) is 11.0. The molecule has 0 saturated carbocycles. The minimum Gasteiger partial charge on any atom is -0.340 e. The Morgan fingerprint density at radius 3 is 2.47 bits per heavy atom.